The van der Waals surface area contributed by atoms with E-state index in [0.717, 1.165) is 53.4 Å². The van der Waals surface area contributed by atoms with Crippen molar-refractivity contribution in [2.24, 2.45) is 5.92 Å². The maximum absolute atomic E-state index is 12.6. The Morgan fingerprint density at radius 1 is 1.00 bits per heavy atom. The van der Waals surface area contributed by atoms with Gasteiger partial charge in [0, 0.05) is 49.6 Å². The molecule has 0 spiro atoms. The van der Waals surface area contributed by atoms with Crippen molar-refractivity contribution in [1.82, 2.24) is 4.90 Å². The molecule has 0 bridgehead atoms. The summed E-state index contributed by atoms with van der Waals surface area (Å²) in [4.78, 5) is 14.1. The topological polar surface area (TPSA) is 38.8 Å². The minimum absolute atomic E-state index is 0. The van der Waals surface area contributed by atoms with Gasteiger partial charge in [0.2, 0.25) is 0 Å². The van der Waals surface area contributed by atoms with Crippen LogP contribution in [0.25, 0.3) is 11.1 Å². The number of benzene rings is 3. The molecular weight excluding hydrogens is 501 g/mol. The van der Waals surface area contributed by atoms with E-state index in [-0.39, 0.29) is 25.9 Å². The van der Waals surface area contributed by atoms with Crippen LogP contribution < -0.4 is 9.47 Å². The first-order chi connectivity index (χ1) is 19.5. The molecule has 5 heteroatoms. The molecule has 4 nitrogen and oxygen atoms in total. The summed E-state index contributed by atoms with van der Waals surface area (Å²) < 4.78 is 25.3. The van der Waals surface area contributed by atoms with Crippen LogP contribution in [0, 0.1) is 5.92 Å². The van der Waals surface area contributed by atoms with Gasteiger partial charge in [-0.15, -0.1) is 0 Å². The van der Waals surface area contributed by atoms with Gasteiger partial charge in [-0.3, -0.25) is 14.1 Å². The summed E-state index contributed by atoms with van der Waals surface area (Å²) in [6.45, 7) is 10.5. The molecule has 40 heavy (non-hydrogen) atoms. The first-order valence-corrected chi connectivity index (χ1v) is 14.3. The summed E-state index contributed by atoms with van der Waals surface area (Å²) in [5.41, 5.74) is 7.44. The van der Waals surface area contributed by atoms with E-state index in [4.69, 9.17) is 9.47 Å². The molecule has 2 aliphatic heterocycles. The minimum Gasteiger partial charge on any atom is -0.492 e. The number of ether oxygens (including phenoxy) is 2. The standard InChI is InChI=1S/C33H32FNO3.C2H6.H2/c1-21-30-17-28(25-5-6-25)11-14-31(30)38-33(32(21)26-7-3-24(4-8-26)22(2)36)27-9-12-29(13-10-27)37-16-15-35-19-23(18-34)20-35;1-2;/h3-14,17,23,25,33H,15-16,18-20H2,1-2H3;1-2H3;1H. The summed E-state index contributed by atoms with van der Waals surface area (Å²) in [5.74, 6) is 2.35. The van der Waals surface area contributed by atoms with Gasteiger partial charge in [-0.2, -0.15) is 0 Å². The molecule has 3 aromatic carbocycles. The summed E-state index contributed by atoms with van der Waals surface area (Å²) in [5, 5.41) is 0. The van der Waals surface area contributed by atoms with E-state index in [0.29, 0.717) is 18.1 Å². The van der Waals surface area contributed by atoms with Crippen molar-refractivity contribution < 1.29 is 20.1 Å². The lowest BCUT2D eigenvalue weighted by molar-refractivity contribution is 0.0668. The molecule has 1 aliphatic carbocycles. The fourth-order valence-electron chi connectivity index (χ4n) is 5.43. The number of Topliss-reactive ketones (excluding diaryl/α,β-unsaturated/α-hetero) is 1. The van der Waals surface area contributed by atoms with E-state index in [1.165, 1.54) is 11.1 Å². The van der Waals surface area contributed by atoms with Crippen molar-refractivity contribution in [3.8, 4) is 11.5 Å². The molecule has 1 fully saturated rings. The number of carbonyl (C=O) groups is 1. The molecule has 0 aromatic heterocycles. The summed E-state index contributed by atoms with van der Waals surface area (Å²) in [6, 6.07) is 22.4. The quantitative estimate of drug-likeness (QED) is 0.202. The number of alkyl halides is 1. The Labute approximate surface area is 238 Å². The van der Waals surface area contributed by atoms with E-state index >= 15 is 0 Å². The van der Waals surface area contributed by atoms with Crippen molar-refractivity contribution in [2.45, 2.75) is 39.7 Å². The van der Waals surface area contributed by atoms with Crippen molar-refractivity contribution >= 4 is 16.9 Å². The van der Waals surface area contributed by atoms with Crippen molar-refractivity contribution in [1.29, 1.82) is 0 Å². The zero-order chi connectivity index (χ0) is 28.2. The van der Waals surface area contributed by atoms with Gasteiger partial charge in [-0.1, -0.05) is 68.5 Å². The third-order valence-corrected chi connectivity index (χ3v) is 7.80. The Bertz CT molecular complexity index is 1400. The molecule has 3 aromatic rings. The van der Waals surface area contributed by atoms with Crippen molar-refractivity contribution in [2.75, 3.05) is 32.9 Å². The second kappa shape index (κ2) is 12.2. The predicted octanol–water partition coefficient (Wildman–Crippen LogP) is 8.16. The van der Waals surface area contributed by atoms with Crippen LogP contribution in [0.5, 0.6) is 11.5 Å². The Morgan fingerprint density at radius 2 is 1.68 bits per heavy atom. The van der Waals surface area contributed by atoms with Crippen LogP contribution in [-0.2, 0) is 0 Å². The molecule has 1 saturated heterocycles. The number of hydrogen-bond donors (Lipinski definition) is 0. The summed E-state index contributed by atoms with van der Waals surface area (Å²) >= 11 is 0. The molecular formula is C35H40FNO3. The lowest BCUT2D eigenvalue weighted by Crippen LogP contribution is -2.49. The average molecular weight is 542 g/mol. The van der Waals surface area contributed by atoms with Crippen molar-refractivity contribution in [3.05, 3.63) is 107 Å². The fourth-order valence-corrected chi connectivity index (χ4v) is 5.43. The van der Waals surface area contributed by atoms with E-state index in [9.17, 15) is 9.18 Å². The lowest BCUT2D eigenvalue weighted by atomic mass is 9.85. The lowest BCUT2D eigenvalue weighted by Gasteiger charge is -2.37. The molecule has 0 saturated carbocycles. The van der Waals surface area contributed by atoms with Gasteiger partial charge in [-0.05, 0) is 60.4 Å². The second-order valence-corrected chi connectivity index (χ2v) is 10.5. The largest absolute Gasteiger partial charge is 0.492 e. The van der Waals surface area contributed by atoms with Crippen molar-refractivity contribution in [3.63, 3.8) is 0 Å². The van der Waals surface area contributed by atoms with Gasteiger partial charge < -0.3 is 9.47 Å². The first-order valence-electron chi connectivity index (χ1n) is 14.3. The Kier molecular flexibility index (Phi) is 8.51. The molecule has 0 N–H and O–H groups in total. The molecule has 1 atom stereocenters. The third kappa shape index (κ3) is 5.90. The predicted molar refractivity (Wildman–Crippen MR) is 162 cm³/mol. The minimum atomic E-state index is -0.289. The highest BCUT2D eigenvalue weighted by atomic mass is 19.1. The second-order valence-electron chi connectivity index (χ2n) is 10.5. The molecule has 6 rings (SSSR count). The van der Waals surface area contributed by atoms with Crippen LogP contribution in [0.2, 0.25) is 0 Å². The molecule has 210 valence electrons. The highest BCUT2D eigenvalue weighted by Crippen LogP contribution is 2.48. The average Bonchev–Trinajstić information content (AvgIpc) is 3.81. The molecule has 0 amide bonds. The number of fused-ring (bicyclic) bond motifs is 1. The Hall–Kier alpha value is -3.70. The van der Waals surface area contributed by atoms with Crippen LogP contribution in [0.1, 0.15) is 73.8 Å². The van der Waals surface area contributed by atoms with Crippen LogP contribution in [-0.4, -0.2) is 43.6 Å². The van der Waals surface area contributed by atoms with E-state index < -0.39 is 0 Å². The van der Waals surface area contributed by atoms with Crippen LogP contribution in [0.3, 0.4) is 0 Å². The van der Waals surface area contributed by atoms with Crippen LogP contribution >= 0.6 is 0 Å². The van der Waals surface area contributed by atoms with Gasteiger partial charge >= 0.3 is 0 Å². The number of nitrogens with zero attached hydrogens (tertiary/aromatic N) is 1. The van der Waals surface area contributed by atoms with E-state index in [1.807, 2.05) is 50.2 Å². The van der Waals surface area contributed by atoms with Crippen LogP contribution in [0.15, 0.2) is 78.9 Å². The van der Waals surface area contributed by atoms with E-state index in [2.05, 4.69) is 54.3 Å². The molecule has 0 radical (unpaired) electrons. The normalized spacial score (nSPS) is 18.3. The number of likely N-dealkylation sites (tertiary alicyclic amines) is 1. The zero-order valence-electron chi connectivity index (χ0n) is 23.8. The molecule has 1 unspecified atom stereocenters. The number of hydrogen-bond acceptors (Lipinski definition) is 4. The number of carbonyl (C=O) groups excluding carboxylic acids is 1. The highest BCUT2D eigenvalue weighted by Gasteiger charge is 2.30. The van der Waals surface area contributed by atoms with Gasteiger partial charge in [-0.25, -0.2) is 0 Å². The Balaban J connectivity index is 0.00000126. The summed E-state index contributed by atoms with van der Waals surface area (Å²) in [6.07, 6.45) is 4.11. The van der Waals surface area contributed by atoms with Gasteiger partial charge in [0.25, 0.3) is 0 Å². The smallest absolute Gasteiger partial charge is 0.159 e. The maximum atomic E-state index is 12.6. The van der Waals surface area contributed by atoms with E-state index in [1.54, 1.807) is 6.92 Å². The van der Waals surface area contributed by atoms with Gasteiger partial charge in [0.15, 0.2) is 5.78 Å². The maximum Gasteiger partial charge on any atom is 0.159 e. The summed E-state index contributed by atoms with van der Waals surface area (Å²) in [7, 11) is 0. The number of halogens is 1. The van der Waals surface area contributed by atoms with Gasteiger partial charge in [0.05, 0.1) is 6.67 Å². The SMILES string of the molecule is CC.CC(=O)c1ccc(C2=C(C)c3cc(C4C=C4)ccc3OC2c2ccc(OCCN3CC(CF)C3)cc2)cc1.[HH]. The van der Waals surface area contributed by atoms with Gasteiger partial charge in [0.1, 0.15) is 24.2 Å². The Morgan fingerprint density at radius 3 is 2.30 bits per heavy atom. The first kappa shape index (κ1) is 27.9. The highest BCUT2D eigenvalue weighted by molar-refractivity contribution is 5.97. The number of allylic oxidation sites excluding steroid dienone is 3. The number of ketones is 1. The van der Waals surface area contributed by atoms with Crippen LogP contribution in [0.4, 0.5) is 4.39 Å². The molecule has 2 heterocycles. The number of rotatable bonds is 9. The zero-order valence-corrected chi connectivity index (χ0v) is 23.8. The molecule has 3 aliphatic rings. The monoisotopic (exact) mass is 541 g/mol. The fraction of sp³-hybridized carbons (Fsp3) is 0.343. The third-order valence-electron chi connectivity index (χ3n) is 7.80.